The fourth-order valence-electron chi connectivity index (χ4n) is 16.0. The van der Waals surface area contributed by atoms with Gasteiger partial charge in [0, 0.05) is 33.4 Å². The summed E-state index contributed by atoms with van der Waals surface area (Å²) >= 11 is 0. The van der Waals surface area contributed by atoms with Crippen LogP contribution in [0.4, 0.5) is 0 Å². The molecule has 2 heterocycles. The van der Waals surface area contributed by atoms with Crippen molar-refractivity contribution in [1.29, 1.82) is 0 Å². The van der Waals surface area contributed by atoms with E-state index in [2.05, 4.69) is 286 Å². The Morgan fingerprint density at radius 1 is 0.139 bits per heavy atom. The summed E-state index contributed by atoms with van der Waals surface area (Å²) in [5.41, 5.74) is 30.4. The molecule has 0 N–H and O–H groups in total. The summed E-state index contributed by atoms with van der Waals surface area (Å²) in [6, 6.07) is 125. The summed E-state index contributed by atoms with van der Waals surface area (Å²) in [5.74, 6) is 3.90. The first-order valence-electron chi connectivity index (χ1n) is 37.4. The van der Waals surface area contributed by atoms with Gasteiger partial charge in [-0.15, -0.1) is 0 Å². The van der Waals surface area contributed by atoms with Crippen LogP contribution in [0.25, 0.3) is 157 Å². The molecule has 6 nitrogen and oxygen atoms in total. The molecule has 2 aliphatic carbocycles. The number of nitrogens with zero attached hydrogens (tertiary/aromatic N) is 6. The van der Waals surface area contributed by atoms with Gasteiger partial charge in [-0.1, -0.05) is 371 Å². The predicted molar refractivity (Wildman–Crippen MR) is 448 cm³/mol. The van der Waals surface area contributed by atoms with E-state index in [1.807, 2.05) is 121 Å². The molecule has 0 unspecified atom stereocenters. The van der Waals surface area contributed by atoms with Gasteiger partial charge in [-0.05, 0) is 169 Å². The summed E-state index contributed by atoms with van der Waals surface area (Å²) in [6.07, 6.45) is 0. The lowest BCUT2D eigenvalue weighted by Crippen LogP contribution is -2.43. The molecular weight excluding hydrogens is 1310 g/mol. The maximum absolute atomic E-state index is 5.07. The molecule has 0 amide bonds. The first kappa shape index (κ1) is 68.2. The van der Waals surface area contributed by atoms with E-state index in [1.54, 1.807) is 0 Å². The van der Waals surface area contributed by atoms with Crippen LogP contribution in [0.2, 0.25) is 0 Å². The molecule has 0 saturated heterocycles. The third kappa shape index (κ3) is 12.5. The molecule has 2 aromatic heterocycles. The number of benzene rings is 14. The lowest BCUT2D eigenvalue weighted by atomic mass is 9.55. The second kappa shape index (κ2) is 27.9. The highest BCUT2D eigenvalue weighted by Gasteiger charge is 2.47. The molecule has 520 valence electrons. The lowest BCUT2D eigenvalue weighted by Gasteiger charge is -2.48. The van der Waals surface area contributed by atoms with Crippen LogP contribution in [0, 0.1) is 0 Å². The van der Waals surface area contributed by atoms with Crippen molar-refractivity contribution in [2.24, 2.45) is 0 Å². The van der Waals surface area contributed by atoms with Crippen molar-refractivity contribution in [2.75, 3.05) is 0 Å². The first-order valence-corrected chi connectivity index (χ1v) is 37.4. The van der Waals surface area contributed by atoms with Crippen molar-refractivity contribution in [3.05, 3.63) is 374 Å². The molecule has 108 heavy (non-hydrogen) atoms. The van der Waals surface area contributed by atoms with Crippen molar-refractivity contribution in [2.45, 2.75) is 77.0 Å². The van der Waals surface area contributed by atoms with Crippen LogP contribution in [-0.2, 0) is 21.7 Å². The monoisotopic (exact) mass is 1390 g/mol. The van der Waals surface area contributed by atoms with Gasteiger partial charge in [-0.2, -0.15) is 0 Å². The molecule has 0 radical (unpaired) electrons. The molecule has 0 bridgehead atoms. The van der Waals surface area contributed by atoms with Crippen molar-refractivity contribution >= 4 is 0 Å². The number of rotatable bonds is 12. The third-order valence-corrected chi connectivity index (χ3v) is 23.4. The molecule has 16 aromatic rings. The van der Waals surface area contributed by atoms with Crippen molar-refractivity contribution < 1.29 is 0 Å². The van der Waals surface area contributed by atoms with Gasteiger partial charge in [0.05, 0.1) is 0 Å². The van der Waals surface area contributed by atoms with E-state index in [4.69, 9.17) is 29.9 Å². The van der Waals surface area contributed by atoms with Crippen molar-refractivity contribution in [3.8, 4) is 157 Å². The van der Waals surface area contributed by atoms with Gasteiger partial charge in [0.15, 0.2) is 34.9 Å². The van der Waals surface area contributed by atoms with Gasteiger partial charge in [0.25, 0.3) is 0 Å². The molecule has 18 rings (SSSR count). The average molecular weight is 1390 g/mol. The number of fused-ring (bicyclic) bond motifs is 6. The fourth-order valence-corrected chi connectivity index (χ4v) is 16.0. The molecule has 0 aliphatic heterocycles. The van der Waals surface area contributed by atoms with Crippen LogP contribution in [0.3, 0.4) is 0 Å². The number of aromatic nitrogens is 6. The van der Waals surface area contributed by atoms with E-state index in [0.717, 1.165) is 55.6 Å². The Labute approximate surface area is 634 Å². The minimum atomic E-state index is -0.0717. The Morgan fingerprint density at radius 3 is 0.685 bits per heavy atom. The Kier molecular flexibility index (Phi) is 17.6. The first-order chi connectivity index (χ1) is 52.6. The number of hydrogen-bond acceptors (Lipinski definition) is 6. The molecule has 0 spiro atoms. The Morgan fingerprint density at radius 2 is 0.343 bits per heavy atom. The Balaban J connectivity index is 0.000000158. The number of hydrogen-bond donors (Lipinski definition) is 0. The van der Waals surface area contributed by atoms with E-state index in [-0.39, 0.29) is 21.7 Å². The molecule has 0 saturated carbocycles. The minimum Gasteiger partial charge on any atom is -0.208 e. The largest absolute Gasteiger partial charge is 0.208 e. The summed E-state index contributed by atoms with van der Waals surface area (Å²) < 4.78 is 0. The van der Waals surface area contributed by atoms with Gasteiger partial charge in [-0.3, -0.25) is 0 Å². The molecule has 6 heteroatoms. The molecule has 14 aromatic carbocycles. The molecule has 2 aliphatic rings. The zero-order valence-corrected chi connectivity index (χ0v) is 62.2. The Hall–Kier alpha value is -12.9. The van der Waals surface area contributed by atoms with Crippen LogP contribution in [0.1, 0.15) is 77.6 Å². The van der Waals surface area contributed by atoms with Crippen molar-refractivity contribution in [1.82, 2.24) is 29.9 Å². The highest BCUT2D eigenvalue weighted by Crippen LogP contribution is 2.57. The van der Waals surface area contributed by atoms with Gasteiger partial charge >= 0.3 is 0 Å². The fraction of sp³-hybridized carbons (Fsp3) is 0.118. The van der Waals surface area contributed by atoms with Crippen LogP contribution >= 0.6 is 0 Å². The topological polar surface area (TPSA) is 77.3 Å². The predicted octanol–water partition coefficient (Wildman–Crippen LogP) is 26.2. The highest BCUT2D eigenvalue weighted by atomic mass is 15.0. The second-order valence-electron chi connectivity index (χ2n) is 30.6. The standard InChI is InChI=1S/2C51H41N3/c1-50(2)45-29-27-37(34-17-8-5-9-18-34)32-43(45)44-33-39(28-30-46(44)51(50,3)4)42-26-15-14-25-41(42)38-23-16-24-40(31-38)49-53-47(35-19-10-6-11-20-35)52-48(54-49)36-21-12-7-13-22-36;1-50(2)45-29-27-38(34-17-8-5-9-18-34)32-43(45)44-33-39(28-30-46(44)51(50,3)4)37-23-16-24-40(31-37)41-25-14-15-26-42(41)49-53-47(35-19-10-6-11-20-35)52-48(54-49)36-21-12-7-13-22-36/h2*5-33H,1-4H3. The van der Waals surface area contributed by atoms with Crippen LogP contribution in [0.5, 0.6) is 0 Å². The third-order valence-electron chi connectivity index (χ3n) is 23.4. The van der Waals surface area contributed by atoms with Gasteiger partial charge in [0.2, 0.25) is 0 Å². The van der Waals surface area contributed by atoms with Crippen LogP contribution < -0.4 is 0 Å². The van der Waals surface area contributed by atoms with Gasteiger partial charge in [0.1, 0.15) is 0 Å². The smallest absolute Gasteiger partial charge is 0.164 e. The van der Waals surface area contributed by atoms with E-state index in [9.17, 15) is 0 Å². The van der Waals surface area contributed by atoms with E-state index in [0.29, 0.717) is 34.9 Å². The van der Waals surface area contributed by atoms with Crippen LogP contribution in [0.15, 0.2) is 352 Å². The minimum absolute atomic E-state index is 0.0501. The van der Waals surface area contributed by atoms with E-state index in [1.165, 1.54) is 89.0 Å². The Bertz CT molecular complexity index is 5910. The SMILES string of the molecule is CC1(C)c2ccc(-c3ccccc3)cc2-c2cc(-c3cccc(-c4ccccc4-c4nc(-c5ccccc5)nc(-c5ccccc5)n4)c3)ccc2C1(C)C.CC1(C)c2ccc(-c3ccccc3)cc2-c2cc(-c3ccccc3-c3cccc(-c4nc(-c5ccccc5)nc(-c5ccccc5)n4)c3)ccc2C1(C)C. The second-order valence-corrected chi connectivity index (χ2v) is 30.6. The molecule has 0 atom stereocenters. The average Bonchev–Trinajstić information content (AvgIpc) is 0.715. The summed E-state index contributed by atoms with van der Waals surface area (Å²) in [7, 11) is 0. The summed E-state index contributed by atoms with van der Waals surface area (Å²) in [6.45, 7) is 19.2. The normalized spacial score (nSPS) is 13.9. The van der Waals surface area contributed by atoms with Crippen LogP contribution in [-0.4, -0.2) is 29.9 Å². The van der Waals surface area contributed by atoms with Gasteiger partial charge in [-0.25, -0.2) is 29.9 Å². The highest BCUT2D eigenvalue weighted by molar-refractivity contribution is 5.92. The quantitative estimate of drug-likeness (QED) is 0.121. The maximum Gasteiger partial charge on any atom is 0.164 e. The zero-order chi connectivity index (χ0) is 73.7. The summed E-state index contributed by atoms with van der Waals surface area (Å²) in [4.78, 5) is 30.0. The molecular formula is C102H82N6. The summed E-state index contributed by atoms with van der Waals surface area (Å²) in [5, 5.41) is 0. The van der Waals surface area contributed by atoms with E-state index >= 15 is 0 Å². The van der Waals surface area contributed by atoms with E-state index < -0.39 is 0 Å². The lowest BCUT2D eigenvalue weighted by molar-refractivity contribution is 0.299. The van der Waals surface area contributed by atoms with Gasteiger partial charge < -0.3 is 0 Å². The van der Waals surface area contributed by atoms with Crippen molar-refractivity contribution in [3.63, 3.8) is 0 Å². The molecule has 0 fully saturated rings. The maximum atomic E-state index is 5.07. The zero-order valence-electron chi connectivity index (χ0n) is 62.2.